The highest BCUT2D eigenvalue weighted by Crippen LogP contribution is 2.40. The molecule has 1 fully saturated rings. The molecule has 0 N–H and O–H groups in total. The van der Waals surface area contributed by atoms with E-state index >= 15 is 4.39 Å². The molecule has 3 rings (SSSR count). The van der Waals surface area contributed by atoms with Gasteiger partial charge in [0.15, 0.2) is 11.5 Å². The molecule has 0 spiro atoms. The first-order chi connectivity index (χ1) is 16.0. The standard InChI is InChI=1S/C24H20Cl3F4NO3/c1-22(2,3)35-21(34)32-11-23(28,12-32)15-6-4-13(5-7-15)19(33)10-16(24(29,30)31)14-8-17(25)20(27)18(26)9-14/h4-10H,11-12H2,1-3H3/b16-10-. The first-order valence-electron chi connectivity index (χ1n) is 10.3. The maximum atomic E-state index is 15.2. The van der Waals surface area contributed by atoms with Gasteiger partial charge in [0, 0.05) is 5.56 Å². The summed E-state index contributed by atoms with van der Waals surface area (Å²) in [5.74, 6) is -0.956. The maximum Gasteiger partial charge on any atom is 0.417 e. The van der Waals surface area contributed by atoms with E-state index in [1.165, 1.54) is 29.2 Å². The van der Waals surface area contributed by atoms with E-state index in [4.69, 9.17) is 39.5 Å². The molecule has 0 saturated carbocycles. The SMILES string of the molecule is CC(C)(C)OC(=O)N1CC(F)(c2ccc(C(=O)/C=C(/c3cc(Cl)c(Cl)c(Cl)c3)C(F)(F)F)cc2)C1. The lowest BCUT2D eigenvalue weighted by Gasteiger charge is -2.44. The number of ether oxygens (including phenoxy) is 1. The molecule has 0 bridgehead atoms. The van der Waals surface area contributed by atoms with Crippen LogP contribution in [0.4, 0.5) is 22.4 Å². The molecule has 1 amide bonds. The molecule has 0 unspecified atom stereocenters. The van der Waals surface area contributed by atoms with Gasteiger partial charge < -0.3 is 9.64 Å². The average molecular weight is 553 g/mol. The fourth-order valence-electron chi connectivity index (χ4n) is 3.38. The molecule has 2 aromatic carbocycles. The number of alkyl halides is 4. The molecule has 1 saturated heterocycles. The van der Waals surface area contributed by atoms with Gasteiger partial charge in [0.2, 0.25) is 0 Å². The van der Waals surface area contributed by atoms with Gasteiger partial charge in [-0.25, -0.2) is 9.18 Å². The predicted molar refractivity (Wildman–Crippen MR) is 127 cm³/mol. The lowest BCUT2D eigenvalue weighted by atomic mass is 9.87. The number of hydrogen-bond donors (Lipinski definition) is 0. The van der Waals surface area contributed by atoms with Crippen molar-refractivity contribution < 1.29 is 31.9 Å². The zero-order chi connectivity index (χ0) is 26.3. The Labute approximate surface area is 214 Å². The van der Waals surface area contributed by atoms with Crippen LogP contribution in [0.1, 0.15) is 42.3 Å². The summed E-state index contributed by atoms with van der Waals surface area (Å²) in [6.45, 7) is 4.59. The highest BCUT2D eigenvalue weighted by Gasteiger charge is 2.48. The van der Waals surface area contributed by atoms with Crippen molar-refractivity contribution in [1.29, 1.82) is 0 Å². The molecule has 1 aliphatic rings. The van der Waals surface area contributed by atoms with Crippen LogP contribution in [0.15, 0.2) is 42.5 Å². The molecule has 1 aliphatic heterocycles. The summed E-state index contributed by atoms with van der Waals surface area (Å²) in [6.07, 6.45) is -5.12. The molecule has 2 aromatic rings. The summed E-state index contributed by atoms with van der Waals surface area (Å²) < 4.78 is 61.5. The highest BCUT2D eigenvalue weighted by atomic mass is 35.5. The second-order valence-corrected chi connectivity index (χ2v) is 10.2. The van der Waals surface area contributed by atoms with E-state index in [-0.39, 0.29) is 39.3 Å². The van der Waals surface area contributed by atoms with E-state index in [0.717, 1.165) is 12.1 Å². The number of carbonyl (C=O) groups is 2. The normalized spacial score (nSPS) is 16.1. The summed E-state index contributed by atoms with van der Waals surface area (Å²) in [4.78, 5) is 25.8. The van der Waals surface area contributed by atoms with E-state index in [0.29, 0.717) is 6.08 Å². The molecule has 4 nitrogen and oxygen atoms in total. The van der Waals surface area contributed by atoms with E-state index < -0.39 is 40.5 Å². The Hall–Kier alpha value is -2.29. The minimum Gasteiger partial charge on any atom is -0.444 e. The number of amides is 1. The molecule has 188 valence electrons. The fraction of sp³-hybridized carbons (Fsp3) is 0.333. The average Bonchev–Trinajstić information content (AvgIpc) is 2.71. The predicted octanol–water partition coefficient (Wildman–Crippen LogP) is 7.89. The van der Waals surface area contributed by atoms with Crippen molar-refractivity contribution in [2.24, 2.45) is 0 Å². The van der Waals surface area contributed by atoms with E-state index in [1.54, 1.807) is 20.8 Å². The number of likely N-dealkylation sites (tertiary alicyclic amines) is 1. The Morgan fingerprint density at radius 2 is 1.49 bits per heavy atom. The minimum absolute atomic E-state index is 0.0893. The molecular weight excluding hydrogens is 533 g/mol. The number of halogens is 7. The van der Waals surface area contributed by atoms with Gasteiger partial charge in [-0.1, -0.05) is 59.1 Å². The van der Waals surface area contributed by atoms with Crippen molar-refractivity contribution in [3.05, 3.63) is 74.2 Å². The summed E-state index contributed by atoms with van der Waals surface area (Å²) in [5.41, 5.74) is -4.18. The molecule has 35 heavy (non-hydrogen) atoms. The zero-order valence-corrected chi connectivity index (χ0v) is 21.0. The van der Waals surface area contributed by atoms with Crippen LogP contribution in [-0.2, 0) is 10.4 Å². The summed E-state index contributed by atoms with van der Waals surface area (Å²) in [6, 6.07) is 6.98. The number of ketones is 1. The van der Waals surface area contributed by atoms with Gasteiger partial charge in [-0.3, -0.25) is 4.79 Å². The van der Waals surface area contributed by atoms with E-state index in [2.05, 4.69) is 0 Å². The van der Waals surface area contributed by atoms with Crippen LogP contribution in [0.2, 0.25) is 15.1 Å². The van der Waals surface area contributed by atoms with Gasteiger partial charge >= 0.3 is 12.3 Å². The number of nitrogens with zero attached hydrogens (tertiary/aromatic N) is 1. The number of hydrogen-bond acceptors (Lipinski definition) is 3. The van der Waals surface area contributed by atoms with Crippen molar-refractivity contribution in [2.75, 3.05) is 13.1 Å². The Bertz CT molecular complexity index is 1160. The van der Waals surface area contributed by atoms with Crippen molar-refractivity contribution in [3.63, 3.8) is 0 Å². The van der Waals surface area contributed by atoms with Gasteiger partial charge in [-0.15, -0.1) is 0 Å². The van der Waals surface area contributed by atoms with Crippen molar-refractivity contribution in [2.45, 2.75) is 38.2 Å². The molecule has 0 atom stereocenters. The lowest BCUT2D eigenvalue weighted by Crippen LogP contribution is -2.59. The van der Waals surface area contributed by atoms with Crippen LogP contribution in [0.25, 0.3) is 5.57 Å². The highest BCUT2D eigenvalue weighted by molar-refractivity contribution is 6.48. The Balaban J connectivity index is 1.80. The van der Waals surface area contributed by atoms with Crippen molar-refractivity contribution >= 4 is 52.3 Å². The molecule has 11 heteroatoms. The van der Waals surface area contributed by atoms with Gasteiger partial charge in [-0.2, -0.15) is 13.2 Å². The summed E-state index contributed by atoms with van der Waals surface area (Å²) in [5, 5.41) is -0.507. The Morgan fingerprint density at radius 1 is 0.971 bits per heavy atom. The van der Waals surface area contributed by atoms with Gasteiger partial charge in [-0.05, 0) is 50.1 Å². The largest absolute Gasteiger partial charge is 0.444 e. The number of carbonyl (C=O) groups excluding carboxylic acids is 2. The number of benzene rings is 2. The molecular formula is C24H20Cl3F4NO3. The smallest absolute Gasteiger partial charge is 0.417 e. The first-order valence-corrected chi connectivity index (χ1v) is 11.4. The second-order valence-electron chi connectivity index (χ2n) is 9.05. The van der Waals surface area contributed by atoms with Gasteiger partial charge in [0.05, 0.1) is 33.7 Å². The van der Waals surface area contributed by atoms with Gasteiger partial charge in [0.25, 0.3) is 0 Å². The van der Waals surface area contributed by atoms with Crippen LogP contribution in [0.5, 0.6) is 0 Å². The molecule has 0 aliphatic carbocycles. The van der Waals surface area contributed by atoms with E-state index in [9.17, 15) is 22.8 Å². The lowest BCUT2D eigenvalue weighted by molar-refractivity contribution is -0.0690. The first kappa shape index (κ1) is 27.3. The van der Waals surface area contributed by atoms with Crippen LogP contribution in [0.3, 0.4) is 0 Å². The zero-order valence-electron chi connectivity index (χ0n) is 18.8. The fourth-order valence-corrected chi connectivity index (χ4v) is 3.98. The van der Waals surface area contributed by atoms with Crippen LogP contribution in [-0.4, -0.2) is 41.6 Å². The topological polar surface area (TPSA) is 46.6 Å². The third-order valence-corrected chi connectivity index (χ3v) is 6.29. The summed E-state index contributed by atoms with van der Waals surface area (Å²) >= 11 is 17.5. The molecule has 0 radical (unpaired) electrons. The number of rotatable bonds is 4. The van der Waals surface area contributed by atoms with Crippen LogP contribution < -0.4 is 0 Å². The van der Waals surface area contributed by atoms with Crippen molar-refractivity contribution in [1.82, 2.24) is 4.90 Å². The minimum atomic E-state index is -4.89. The summed E-state index contributed by atoms with van der Waals surface area (Å²) in [7, 11) is 0. The second kappa shape index (κ2) is 9.64. The van der Waals surface area contributed by atoms with E-state index in [1.807, 2.05) is 0 Å². The van der Waals surface area contributed by atoms with Gasteiger partial charge in [0.1, 0.15) is 5.60 Å². The molecule has 1 heterocycles. The molecule has 0 aromatic heterocycles. The Kier molecular flexibility index (Phi) is 7.52. The quantitative estimate of drug-likeness (QED) is 0.168. The third kappa shape index (κ3) is 6.29. The number of allylic oxidation sites excluding steroid dienone is 2. The van der Waals surface area contributed by atoms with Crippen LogP contribution >= 0.6 is 34.8 Å². The Morgan fingerprint density at radius 3 is 1.94 bits per heavy atom. The third-order valence-electron chi connectivity index (χ3n) is 5.10. The monoisotopic (exact) mass is 551 g/mol. The maximum absolute atomic E-state index is 15.2. The van der Waals surface area contributed by atoms with Crippen molar-refractivity contribution in [3.8, 4) is 0 Å². The van der Waals surface area contributed by atoms with Crippen LogP contribution in [0, 0.1) is 0 Å².